The van der Waals surface area contributed by atoms with E-state index in [0.29, 0.717) is 17.1 Å². The monoisotopic (exact) mass is 313 g/mol. The standard InChI is InChI=1S/C17H16FN3O2/c1-12-2-5-15(6-3-12)23-11-17(22)19-8-14-10-21-9-13(18)4-7-16(21)20-14/h2-7,9-10H,8,11H2,1H3,(H,19,22). The summed E-state index contributed by atoms with van der Waals surface area (Å²) in [6.45, 7) is 2.18. The molecule has 0 atom stereocenters. The molecule has 0 fully saturated rings. The third-order valence-corrected chi connectivity index (χ3v) is 3.32. The number of carbonyl (C=O) groups excluding carboxylic acids is 1. The largest absolute Gasteiger partial charge is 0.484 e. The molecule has 1 N–H and O–H groups in total. The Kier molecular flexibility index (Phi) is 4.23. The van der Waals surface area contributed by atoms with Gasteiger partial charge in [0.2, 0.25) is 0 Å². The smallest absolute Gasteiger partial charge is 0.258 e. The minimum Gasteiger partial charge on any atom is -0.484 e. The second-order valence-electron chi connectivity index (χ2n) is 5.22. The number of hydrogen-bond donors (Lipinski definition) is 1. The van der Waals surface area contributed by atoms with Crippen LogP contribution in [0.5, 0.6) is 5.75 Å². The molecule has 0 aliphatic carbocycles. The molecule has 6 heteroatoms. The van der Waals surface area contributed by atoms with E-state index in [4.69, 9.17) is 4.74 Å². The number of amides is 1. The SMILES string of the molecule is Cc1ccc(OCC(=O)NCc2cn3cc(F)ccc3n2)cc1. The Labute approximate surface area is 132 Å². The van der Waals surface area contributed by atoms with E-state index in [2.05, 4.69) is 10.3 Å². The number of hydrogen-bond acceptors (Lipinski definition) is 3. The lowest BCUT2D eigenvalue weighted by atomic mass is 10.2. The van der Waals surface area contributed by atoms with Crippen molar-refractivity contribution in [1.82, 2.24) is 14.7 Å². The van der Waals surface area contributed by atoms with Gasteiger partial charge in [-0.3, -0.25) is 4.79 Å². The molecular weight excluding hydrogens is 297 g/mol. The van der Waals surface area contributed by atoms with Crippen molar-refractivity contribution in [2.24, 2.45) is 0 Å². The van der Waals surface area contributed by atoms with Gasteiger partial charge in [-0.15, -0.1) is 0 Å². The fraction of sp³-hybridized carbons (Fsp3) is 0.176. The van der Waals surface area contributed by atoms with Crippen LogP contribution < -0.4 is 10.1 Å². The van der Waals surface area contributed by atoms with E-state index in [1.54, 1.807) is 16.7 Å². The Bertz CT molecular complexity index is 827. The zero-order valence-corrected chi connectivity index (χ0v) is 12.6. The van der Waals surface area contributed by atoms with Gasteiger partial charge in [0.25, 0.3) is 5.91 Å². The average molecular weight is 313 g/mol. The maximum absolute atomic E-state index is 13.1. The summed E-state index contributed by atoms with van der Waals surface area (Å²) in [5.74, 6) is 0.0692. The Morgan fingerprint density at radius 3 is 2.78 bits per heavy atom. The van der Waals surface area contributed by atoms with E-state index in [9.17, 15) is 9.18 Å². The molecule has 1 aromatic carbocycles. The number of pyridine rings is 1. The number of aromatic nitrogens is 2. The summed E-state index contributed by atoms with van der Waals surface area (Å²) in [5, 5.41) is 2.72. The lowest BCUT2D eigenvalue weighted by Gasteiger charge is -2.06. The molecule has 2 aromatic heterocycles. The summed E-state index contributed by atoms with van der Waals surface area (Å²) in [5.41, 5.74) is 2.41. The van der Waals surface area contributed by atoms with Crippen LogP contribution in [0.15, 0.2) is 48.8 Å². The molecule has 0 bridgehead atoms. The number of benzene rings is 1. The van der Waals surface area contributed by atoms with Crippen LogP contribution in [-0.2, 0) is 11.3 Å². The van der Waals surface area contributed by atoms with Gasteiger partial charge in [-0.2, -0.15) is 0 Å². The topological polar surface area (TPSA) is 55.6 Å². The molecule has 2 heterocycles. The normalized spacial score (nSPS) is 10.7. The lowest BCUT2D eigenvalue weighted by Crippen LogP contribution is -2.28. The van der Waals surface area contributed by atoms with Gasteiger partial charge >= 0.3 is 0 Å². The first-order valence-electron chi connectivity index (χ1n) is 7.19. The summed E-state index contributed by atoms with van der Waals surface area (Å²) < 4.78 is 20.1. The van der Waals surface area contributed by atoms with Crippen molar-refractivity contribution in [1.29, 1.82) is 0 Å². The van der Waals surface area contributed by atoms with E-state index in [-0.39, 0.29) is 24.9 Å². The highest BCUT2D eigenvalue weighted by Crippen LogP contribution is 2.11. The molecule has 0 spiro atoms. The maximum atomic E-state index is 13.1. The number of fused-ring (bicyclic) bond motifs is 1. The molecule has 23 heavy (non-hydrogen) atoms. The molecule has 0 unspecified atom stereocenters. The molecule has 1 amide bonds. The van der Waals surface area contributed by atoms with Crippen molar-refractivity contribution in [2.75, 3.05) is 6.61 Å². The number of nitrogens with one attached hydrogen (secondary N) is 1. The van der Waals surface area contributed by atoms with Crippen LogP contribution in [0.25, 0.3) is 5.65 Å². The van der Waals surface area contributed by atoms with Crippen molar-refractivity contribution in [2.45, 2.75) is 13.5 Å². The summed E-state index contributed by atoms with van der Waals surface area (Å²) in [4.78, 5) is 16.1. The number of carbonyl (C=O) groups is 1. The highest BCUT2D eigenvalue weighted by molar-refractivity contribution is 5.77. The molecule has 118 valence electrons. The summed E-state index contributed by atoms with van der Waals surface area (Å²) in [7, 11) is 0. The molecule has 0 aliphatic heterocycles. The van der Waals surface area contributed by atoms with E-state index in [1.165, 1.54) is 12.3 Å². The number of aryl methyl sites for hydroxylation is 1. The van der Waals surface area contributed by atoms with Gasteiger partial charge in [-0.05, 0) is 31.2 Å². The summed E-state index contributed by atoms with van der Waals surface area (Å²) in [6, 6.07) is 10.4. The number of rotatable bonds is 5. The van der Waals surface area contributed by atoms with Crippen LogP contribution in [-0.4, -0.2) is 21.9 Å². The fourth-order valence-electron chi connectivity index (χ4n) is 2.13. The van der Waals surface area contributed by atoms with Crippen molar-refractivity contribution >= 4 is 11.6 Å². The van der Waals surface area contributed by atoms with Crippen LogP contribution in [0, 0.1) is 12.7 Å². The highest BCUT2D eigenvalue weighted by atomic mass is 19.1. The minimum atomic E-state index is -0.336. The van der Waals surface area contributed by atoms with Crippen molar-refractivity contribution in [3.8, 4) is 5.75 Å². The Morgan fingerprint density at radius 1 is 1.22 bits per heavy atom. The predicted molar refractivity (Wildman–Crippen MR) is 83.7 cm³/mol. The third kappa shape index (κ3) is 3.85. The molecule has 0 aliphatic rings. The number of halogens is 1. The second kappa shape index (κ2) is 6.48. The number of nitrogens with zero attached hydrogens (tertiary/aromatic N) is 2. The van der Waals surface area contributed by atoms with Gasteiger partial charge in [0.1, 0.15) is 17.2 Å². The Balaban J connectivity index is 1.52. The number of ether oxygens (including phenoxy) is 1. The predicted octanol–water partition coefficient (Wildman–Crippen LogP) is 2.48. The molecule has 0 saturated heterocycles. The summed E-state index contributed by atoms with van der Waals surface area (Å²) >= 11 is 0. The molecule has 3 aromatic rings. The van der Waals surface area contributed by atoms with Gasteiger partial charge in [0.05, 0.1) is 12.2 Å². The molecule has 5 nitrogen and oxygen atoms in total. The number of imidazole rings is 1. The zero-order valence-electron chi connectivity index (χ0n) is 12.6. The van der Waals surface area contributed by atoms with Crippen LogP contribution in [0.3, 0.4) is 0 Å². The zero-order chi connectivity index (χ0) is 16.2. The van der Waals surface area contributed by atoms with Gasteiger partial charge in [-0.25, -0.2) is 9.37 Å². The maximum Gasteiger partial charge on any atom is 0.258 e. The quantitative estimate of drug-likeness (QED) is 0.787. The van der Waals surface area contributed by atoms with Crippen LogP contribution in [0.2, 0.25) is 0 Å². The van der Waals surface area contributed by atoms with Gasteiger partial charge in [-0.1, -0.05) is 17.7 Å². The summed E-state index contributed by atoms with van der Waals surface area (Å²) in [6.07, 6.45) is 3.02. The molecular formula is C17H16FN3O2. The Hall–Kier alpha value is -2.89. The molecule has 3 rings (SSSR count). The average Bonchev–Trinajstić information content (AvgIpc) is 2.94. The van der Waals surface area contributed by atoms with Crippen molar-refractivity contribution < 1.29 is 13.9 Å². The van der Waals surface area contributed by atoms with Crippen LogP contribution in [0.4, 0.5) is 4.39 Å². The van der Waals surface area contributed by atoms with Gasteiger partial charge in [0, 0.05) is 12.4 Å². The molecule has 0 radical (unpaired) electrons. The first-order chi connectivity index (χ1) is 11.1. The van der Waals surface area contributed by atoms with Crippen molar-refractivity contribution in [3.05, 3.63) is 65.9 Å². The molecule has 0 saturated carbocycles. The van der Waals surface area contributed by atoms with Crippen LogP contribution >= 0.6 is 0 Å². The lowest BCUT2D eigenvalue weighted by molar-refractivity contribution is -0.123. The first-order valence-corrected chi connectivity index (χ1v) is 7.19. The fourth-order valence-corrected chi connectivity index (χ4v) is 2.13. The first kappa shape index (κ1) is 15.0. The van der Waals surface area contributed by atoms with Gasteiger partial charge in [0.15, 0.2) is 6.61 Å². The highest BCUT2D eigenvalue weighted by Gasteiger charge is 2.06. The third-order valence-electron chi connectivity index (χ3n) is 3.32. The van der Waals surface area contributed by atoms with E-state index in [0.717, 1.165) is 5.56 Å². The minimum absolute atomic E-state index is 0.0644. The van der Waals surface area contributed by atoms with Crippen LogP contribution in [0.1, 0.15) is 11.3 Å². The van der Waals surface area contributed by atoms with E-state index < -0.39 is 0 Å². The second-order valence-corrected chi connectivity index (χ2v) is 5.22. The van der Waals surface area contributed by atoms with Gasteiger partial charge < -0.3 is 14.5 Å². The van der Waals surface area contributed by atoms with E-state index in [1.807, 2.05) is 31.2 Å². The van der Waals surface area contributed by atoms with Crippen molar-refractivity contribution in [3.63, 3.8) is 0 Å². The Morgan fingerprint density at radius 2 is 2.00 bits per heavy atom. The van der Waals surface area contributed by atoms with E-state index >= 15 is 0 Å².